The van der Waals surface area contributed by atoms with E-state index in [0.717, 1.165) is 30.5 Å². The van der Waals surface area contributed by atoms with Crippen molar-refractivity contribution in [3.05, 3.63) is 34.1 Å². The highest BCUT2D eigenvalue weighted by Crippen LogP contribution is 2.30. The van der Waals surface area contributed by atoms with E-state index in [1.54, 1.807) is 0 Å². The fourth-order valence-electron chi connectivity index (χ4n) is 2.07. The first-order valence-corrected chi connectivity index (χ1v) is 5.31. The minimum absolute atomic E-state index is 0.149. The van der Waals surface area contributed by atoms with Gasteiger partial charge in [-0.15, -0.1) is 0 Å². The number of halogens is 2. The van der Waals surface area contributed by atoms with Gasteiger partial charge in [-0.3, -0.25) is 0 Å². The molecule has 3 heteroatoms. The fraction of sp³-hybridized carbons (Fsp3) is 0.455. The van der Waals surface area contributed by atoms with Crippen LogP contribution >= 0.6 is 11.6 Å². The predicted octanol–water partition coefficient (Wildman–Crippen LogP) is 3.08. The van der Waals surface area contributed by atoms with E-state index in [0.29, 0.717) is 5.02 Å². The third-order valence-corrected chi connectivity index (χ3v) is 2.94. The highest BCUT2D eigenvalue weighted by molar-refractivity contribution is 6.30. The Labute approximate surface area is 88.3 Å². The van der Waals surface area contributed by atoms with Crippen LogP contribution in [0.5, 0.6) is 0 Å². The highest BCUT2D eigenvalue weighted by atomic mass is 35.5. The van der Waals surface area contributed by atoms with Gasteiger partial charge in [0.15, 0.2) is 0 Å². The maximum absolute atomic E-state index is 13.6. The molecule has 1 aliphatic rings. The molecule has 0 fully saturated rings. The van der Waals surface area contributed by atoms with Crippen LogP contribution in [0.2, 0.25) is 5.02 Å². The minimum Gasteiger partial charge on any atom is -0.310 e. The lowest BCUT2D eigenvalue weighted by Crippen LogP contribution is -2.30. The molecule has 0 spiro atoms. The molecule has 1 heterocycles. The van der Waals surface area contributed by atoms with Crippen molar-refractivity contribution in [3.8, 4) is 0 Å². The average molecular weight is 214 g/mol. The second-order valence-electron chi connectivity index (χ2n) is 3.63. The van der Waals surface area contributed by atoms with Crippen LogP contribution < -0.4 is 5.32 Å². The standard InChI is InChI=1S/C11H13ClFN/c1-2-10-11-7(3-4-14-10)5-8(12)6-9(11)13/h5-6,10,14H,2-4H2,1H3. The summed E-state index contributed by atoms with van der Waals surface area (Å²) in [5.41, 5.74) is 1.86. The molecular weight excluding hydrogens is 201 g/mol. The Bertz CT molecular complexity index is 351. The van der Waals surface area contributed by atoms with Crippen molar-refractivity contribution in [1.29, 1.82) is 0 Å². The van der Waals surface area contributed by atoms with Crippen molar-refractivity contribution in [1.82, 2.24) is 5.32 Å². The molecule has 1 aliphatic heterocycles. The van der Waals surface area contributed by atoms with Gasteiger partial charge in [0.1, 0.15) is 5.82 Å². The molecule has 1 nitrogen and oxygen atoms in total. The number of rotatable bonds is 1. The molecule has 14 heavy (non-hydrogen) atoms. The molecule has 0 saturated heterocycles. The Morgan fingerprint density at radius 1 is 1.57 bits per heavy atom. The molecule has 1 aromatic rings. The van der Waals surface area contributed by atoms with Gasteiger partial charge in [0.25, 0.3) is 0 Å². The molecule has 0 bridgehead atoms. The van der Waals surface area contributed by atoms with E-state index in [4.69, 9.17) is 11.6 Å². The normalized spacial score (nSPS) is 20.6. The zero-order valence-corrected chi connectivity index (χ0v) is 8.87. The fourth-order valence-corrected chi connectivity index (χ4v) is 2.29. The molecule has 0 aliphatic carbocycles. The largest absolute Gasteiger partial charge is 0.310 e. The zero-order chi connectivity index (χ0) is 10.1. The van der Waals surface area contributed by atoms with Crippen molar-refractivity contribution in [3.63, 3.8) is 0 Å². The predicted molar refractivity (Wildman–Crippen MR) is 56.1 cm³/mol. The van der Waals surface area contributed by atoms with Gasteiger partial charge in [-0.05, 0) is 37.1 Å². The maximum Gasteiger partial charge on any atom is 0.129 e. The van der Waals surface area contributed by atoms with E-state index in [1.807, 2.05) is 6.07 Å². The molecule has 1 atom stereocenters. The summed E-state index contributed by atoms with van der Waals surface area (Å²) in [4.78, 5) is 0. The summed E-state index contributed by atoms with van der Waals surface area (Å²) in [5, 5.41) is 3.80. The van der Waals surface area contributed by atoms with Crippen molar-refractivity contribution >= 4 is 11.6 Å². The van der Waals surface area contributed by atoms with Crippen molar-refractivity contribution < 1.29 is 4.39 Å². The van der Waals surface area contributed by atoms with E-state index >= 15 is 0 Å². The highest BCUT2D eigenvalue weighted by Gasteiger charge is 2.22. The quantitative estimate of drug-likeness (QED) is 0.756. The van der Waals surface area contributed by atoms with Gasteiger partial charge >= 0.3 is 0 Å². The Kier molecular flexibility index (Phi) is 2.75. The molecule has 0 aromatic heterocycles. The number of hydrogen-bond acceptors (Lipinski definition) is 1. The molecule has 0 amide bonds. The van der Waals surface area contributed by atoms with Gasteiger partial charge < -0.3 is 5.32 Å². The minimum atomic E-state index is -0.174. The lowest BCUT2D eigenvalue weighted by Gasteiger charge is -2.26. The summed E-state index contributed by atoms with van der Waals surface area (Å²) in [6.45, 7) is 2.96. The van der Waals surface area contributed by atoms with E-state index in [9.17, 15) is 4.39 Å². The second kappa shape index (κ2) is 3.87. The van der Waals surface area contributed by atoms with E-state index in [-0.39, 0.29) is 11.9 Å². The van der Waals surface area contributed by atoms with Crippen molar-refractivity contribution in [2.75, 3.05) is 6.54 Å². The molecule has 1 N–H and O–H groups in total. The van der Waals surface area contributed by atoms with E-state index < -0.39 is 0 Å². The van der Waals surface area contributed by atoms with Crippen LogP contribution in [0.4, 0.5) is 4.39 Å². The van der Waals surface area contributed by atoms with Gasteiger partial charge in [-0.2, -0.15) is 0 Å². The van der Waals surface area contributed by atoms with Gasteiger partial charge in [0, 0.05) is 16.6 Å². The summed E-state index contributed by atoms with van der Waals surface area (Å²) in [6.07, 6.45) is 1.77. The monoisotopic (exact) mass is 213 g/mol. The number of hydrogen-bond donors (Lipinski definition) is 1. The maximum atomic E-state index is 13.6. The van der Waals surface area contributed by atoms with Gasteiger partial charge in [0.05, 0.1) is 0 Å². The first-order chi connectivity index (χ1) is 6.72. The van der Waals surface area contributed by atoms with E-state index in [1.165, 1.54) is 6.07 Å². The molecule has 0 radical (unpaired) electrons. The van der Waals surface area contributed by atoms with Crippen LogP contribution in [0.25, 0.3) is 0 Å². The van der Waals surface area contributed by atoms with Crippen LogP contribution in [0.1, 0.15) is 30.5 Å². The number of fused-ring (bicyclic) bond motifs is 1. The summed E-state index contributed by atoms with van der Waals surface area (Å²) < 4.78 is 13.6. The van der Waals surface area contributed by atoms with Gasteiger partial charge in [-0.1, -0.05) is 18.5 Å². The van der Waals surface area contributed by atoms with Gasteiger partial charge in [-0.25, -0.2) is 4.39 Å². The summed E-state index contributed by atoms with van der Waals surface area (Å²) in [5.74, 6) is -0.174. The van der Waals surface area contributed by atoms with Crippen LogP contribution in [0, 0.1) is 5.82 Å². The third kappa shape index (κ3) is 1.64. The topological polar surface area (TPSA) is 12.0 Å². The molecule has 1 unspecified atom stereocenters. The molecular formula is C11H13ClFN. The van der Waals surface area contributed by atoms with Crippen LogP contribution in [0.15, 0.2) is 12.1 Å². The van der Waals surface area contributed by atoms with Crippen LogP contribution in [-0.4, -0.2) is 6.54 Å². The molecule has 2 rings (SSSR count). The van der Waals surface area contributed by atoms with Crippen molar-refractivity contribution in [2.24, 2.45) is 0 Å². The summed E-state index contributed by atoms with van der Waals surface area (Å²) in [6, 6.07) is 3.43. The Hall–Kier alpha value is -0.600. The zero-order valence-electron chi connectivity index (χ0n) is 8.11. The SMILES string of the molecule is CCC1NCCc2cc(Cl)cc(F)c21. The second-order valence-corrected chi connectivity index (χ2v) is 4.06. The Morgan fingerprint density at radius 2 is 2.36 bits per heavy atom. The molecule has 76 valence electrons. The first-order valence-electron chi connectivity index (χ1n) is 4.93. The number of benzene rings is 1. The van der Waals surface area contributed by atoms with Gasteiger partial charge in [0.2, 0.25) is 0 Å². The number of nitrogens with one attached hydrogen (secondary N) is 1. The third-order valence-electron chi connectivity index (χ3n) is 2.72. The van der Waals surface area contributed by atoms with Crippen LogP contribution in [-0.2, 0) is 6.42 Å². The van der Waals surface area contributed by atoms with Crippen LogP contribution in [0.3, 0.4) is 0 Å². The summed E-state index contributed by atoms with van der Waals surface area (Å²) in [7, 11) is 0. The lowest BCUT2D eigenvalue weighted by atomic mass is 9.92. The average Bonchev–Trinajstić information content (AvgIpc) is 2.16. The molecule has 0 saturated carbocycles. The Morgan fingerprint density at radius 3 is 3.07 bits per heavy atom. The van der Waals surface area contributed by atoms with E-state index in [2.05, 4.69) is 12.2 Å². The molecule has 1 aromatic carbocycles. The Balaban J connectivity index is 2.51. The smallest absolute Gasteiger partial charge is 0.129 e. The summed E-state index contributed by atoms with van der Waals surface area (Å²) >= 11 is 5.81. The van der Waals surface area contributed by atoms with Crippen molar-refractivity contribution in [2.45, 2.75) is 25.8 Å². The lowest BCUT2D eigenvalue weighted by molar-refractivity contribution is 0.462. The first kappa shape index (κ1) is 9.94.